The first-order chi connectivity index (χ1) is 3.31. The summed E-state index contributed by atoms with van der Waals surface area (Å²) in [4.78, 5) is 1.66. The third-order valence-corrected chi connectivity index (χ3v) is 0.817. The Hall–Kier alpha value is -0.0600. The standard InChI is InChI=1S/C4H7IN2/c1-7(4-6)3-2-5/h2-4,6H,1H3/b3-2-,6-4?. The Morgan fingerprint density at radius 1 is 1.71 bits per heavy atom. The number of nitrogens with one attached hydrogen (secondary N) is 1. The minimum absolute atomic E-state index is 1.25. The van der Waals surface area contributed by atoms with Gasteiger partial charge in [-0.25, -0.2) is 0 Å². The zero-order valence-corrected chi connectivity index (χ0v) is 6.21. The first kappa shape index (κ1) is 6.94. The van der Waals surface area contributed by atoms with Crippen LogP contribution in [0.25, 0.3) is 0 Å². The van der Waals surface area contributed by atoms with Crippen LogP contribution >= 0.6 is 22.6 Å². The topological polar surface area (TPSA) is 27.1 Å². The van der Waals surface area contributed by atoms with Gasteiger partial charge < -0.3 is 4.90 Å². The normalized spacial score (nSPS) is 9.43. The van der Waals surface area contributed by atoms with Gasteiger partial charge in [-0.15, -0.1) is 0 Å². The van der Waals surface area contributed by atoms with Gasteiger partial charge in [0.1, 0.15) is 0 Å². The van der Waals surface area contributed by atoms with Gasteiger partial charge in [0.25, 0.3) is 0 Å². The summed E-state index contributed by atoms with van der Waals surface area (Å²) in [5, 5.41) is 6.66. The van der Waals surface area contributed by atoms with E-state index in [2.05, 4.69) is 22.6 Å². The molecule has 0 aliphatic heterocycles. The van der Waals surface area contributed by atoms with E-state index >= 15 is 0 Å². The van der Waals surface area contributed by atoms with E-state index in [0.29, 0.717) is 0 Å². The van der Waals surface area contributed by atoms with Crippen molar-refractivity contribution in [3.8, 4) is 0 Å². The second-order valence-corrected chi connectivity index (χ2v) is 1.79. The summed E-state index contributed by atoms with van der Waals surface area (Å²) in [7, 11) is 1.81. The van der Waals surface area contributed by atoms with Crippen LogP contribution in [0.3, 0.4) is 0 Å². The second-order valence-electron chi connectivity index (χ2n) is 1.07. The van der Waals surface area contributed by atoms with E-state index in [1.165, 1.54) is 6.34 Å². The third kappa shape index (κ3) is 3.78. The molecular formula is C4H7IN2. The van der Waals surface area contributed by atoms with Crippen molar-refractivity contribution in [1.82, 2.24) is 4.90 Å². The van der Waals surface area contributed by atoms with Crippen LogP contribution < -0.4 is 0 Å². The lowest BCUT2D eigenvalue weighted by Crippen LogP contribution is -2.04. The molecule has 1 N–H and O–H groups in total. The quantitative estimate of drug-likeness (QED) is 0.416. The molecule has 2 nitrogen and oxygen atoms in total. The lowest BCUT2D eigenvalue weighted by atomic mass is 10.8. The summed E-state index contributed by atoms with van der Waals surface area (Å²) >= 11 is 2.10. The number of hydrogen-bond donors (Lipinski definition) is 1. The summed E-state index contributed by atoms with van der Waals surface area (Å²) in [5.74, 6) is 0. The van der Waals surface area contributed by atoms with Crippen molar-refractivity contribution in [2.75, 3.05) is 7.05 Å². The smallest absolute Gasteiger partial charge is 0.0854 e. The fourth-order valence-electron chi connectivity index (χ4n) is 0.132. The predicted octanol–water partition coefficient (Wildman–Crippen LogP) is 1.43. The molecule has 0 aliphatic rings. The van der Waals surface area contributed by atoms with Crippen LogP contribution in [0, 0.1) is 5.41 Å². The second kappa shape index (κ2) is 4.11. The van der Waals surface area contributed by atoms with Crippen LogP contribution in [-0.2, 0) is 0 Å². The maximum Gasteiger partial charge on any atom is 0.0854 e. The summed E-state index contributed by atoms with van der Waals surface area (Å²) in [5.41, 5.74) is 0. The molecule has 0 rings (SSSR count). The zero-order chi connectivity index (χ0) is 5.70. The molecule has 0 fully saturated rings. The Morgan fingerprint density at radius 2 is 2.29 bits per heavy atom. The Balaban J connectivity index is 3.35. The van der Waals surface area contributed by atoms with E-state index in [0.717, 1.165) is 0 Å². The average molecular weight is 210 g/mol. The Morgan fingerprint density at radius 3 is 2.43 bits per heavy atom. The lowest BCUT2D eigenvalue weighted by molar-refractivity contribution is 0.708. The average Bonchev–Trinajstić information content (AvgIpc) is 1.68. The summed E-state index contributed by atoms with van der Waals surface area (Å²) in [6.07, 6.45) is 3.04. The van der Waals surface area contributed by atoms with Crippen molar-refractivity contribution < 1.29 is 0 Å². The van der Waals surface area contributed by atoms with Gasteiger partial charge in [-0.3, -0.25) is 5.41 Å². The molecule has 0 amide bonds. The highest BCUT2D eigenvalue weighted by Crippen LogP contribution is 1.84. The lowest BCUT2D eigenvalue weighted by Gasteiger charge is -2.00. The molecule has 0 spiro atoms. The molecule has 0 saturated carbocycles. The zero-order valence-electron chi connectivity index (χ0n) is 4.06. The van der Waals surface area contributed by atoms with Gasteiger partial charge in [-0.05, 0) is 4.08 Å². The minimum atomic E-state index is 1.25. The molecule has 40 valence electrons. The number of hydrogen-bond acceptors (Lipinski definition) is 1. The van der Waals surface area contributed by atoms with Gasteiger partial charge >= 0.3 is 0 Å². The summed E-state index contributed by atoms with van der Waals surface area (Å²) in [6.45, 7) is 0. The van der Waals surface area contributed by atoms with Gasteiger partial charge in [0.05, 0.1) is 6.34 Å². The fourth-order valence-corrected chi connectivity index (χ4v) is 0.639. The molecule has 0 aromatic carbocycles. The van der Waals surface area contributed by atoms with Crippen LogP contribution in [-0.4, -0.2) is 18.3 Å². The van der Waals surface area contributed by atoms with Crippen molar-refractivity contribution in [2.24, 2.45) is 0 Å². The van der Waals surface area contributed by atoms with Gasteiger partial charge in [-0.1, -0.05) is 22.6 Å². The third-order valence-electron chi connectivity index (χ3n) is 0.495. The maximum atomic E-state index is 6.66. The van der Waals surface area contributed by atoms with Gasteiger partial charge in [-0.2, -0.15) is 0 Å². The maximum absolute atomic E-state index is 6.66. The molecule has 0 atom stereocenters. The first-order valence-corrected chi connectivity index (χ1v) is 3.05. The number of rotatable bonds is 2. The SMILES string of the molecule is CN(C=N)/C=C\I. The van der Waals surface area contributed by atoms with Crippen molar-refractivity contribution in [3.63, 3.8) is 0 Å². The van der Waals surface area contributed by atoms with E-state index < -0.39 is 0 Å². The van der Waals surface area contributed by atoms with Crippen LogP contribution in [0.4, 0.5) is 0 Å². The number of halogens is 1. The molecule has 0 aromatic rings. The summed E-state index contributed by atoms with van der Waals surface area (Å²) < 4.78 is 1.85. The minimum Gasteiger partial charge on any atom is -0.342 e. The van der Waals surface area contributed by atoms with Gasteiger partial charge in [0.2, 0.25) is 0 Å². The molecule has 7 heavy (non-hydrogen) atoms. The molecule has 0 heterocycles. The Bertz CT molecular complexity index is 79.8. The van der Waals surface area contributed by atoms with E-state index in [-0.39, 0.29) is 0 Å². The fraction of sp³-hybridized carbons (Fsp3) is 0.250. The van der Waals surface area contributed by atoms with Crippen LogP contribution in [0.1, 0.15) is 0 Å². The van der Waals surface area contributed by atoms with Gasteiger partial charge in [0, 0.05) is 13.2 Å². The molecular weight excluding hydrogens is 203 g/mol. The molecule has 0 unspecified atom stereocenters. The highest BCUT2D eigenvalue weighted by molar-refractivity contribution is 14.1. The monoisotopic (exact) mass is 210 g/mol. The predicted molar refractivity (Wildman–Crippen MR) is 39.7 cm³/mol. The van der Waals surface area contributed by atoms with Crippen molar-refractivity contribution in [3.05, 3.63) is 10.3 Å². The largest absolute Gasteiger partial charge is 0.342 e. The molecule has 3 heteroatoms. The first-order valence-electron chi connectivity index (χ1n) is 1.80. The van der Waals surface area contributed by atoms with Crippen LogP contribution in [0.5, 0.6) is 0 Å². The van der Waals surface area contributed by atoms with E-state index in [1.54, 1.807) is 11.1 Å². The highest BCUT2D eigenvalue weighted by Gasteiger charge is 1.73. The van der Waals surface area contributed by atoms with Crippen molar-refractivity contribution in [2.45, 2.75) is 0 Å². The van der Waals surface area contributed by atoms with Gasteiger partial charge in [0.15, 0.2) is 0 Å². The van der Waals surface area contributed by atoms with Crippen LogP contribution in [0.15, 0.2) is 10.3 Å². The van der Waals surface area contributed by atoms with Crippen LogP contribution in [0.2, 0.25) is 0 Å². The molecule has 0 radical (unpaired) electrons. The van der Waals surface area contributed by atoms with Crippen molar-refractivity contribution in [1.29, 1.82) is 5.41 Å². The highest BCUT2D eigenvalue weighted by atomic mass is 127. The van der Waals surface area contributed by atoms with E-state index in [9.17, 15) is 0 Å². The van der Waals surface area contributed by atoms with E-state index in [4.69, 9.17) is 5.41 Å². The summed E-state index contributed by atoms with van der Waals surface area (Å²) in [6, 6.07) is 0. The molecule has 0 bridgehead atoms. The molecule has 0 saturated heterocycles. The Labute approximate surface area is 56.9 Å². The Kier molecular flexibility index (Phi) is 4.07. The molecule has 0 aliphatic carbocycles. The number of nitrogens with zero attached hydrogens (tertiary/aromatic N) is 1. The van der Waals surface area contributed by atoms with E-state index in [1.807, 2.05) is 11.1 Å². The van der Waals surface area contributed by atoms with Crippen molar-refractivity contribution >= 4 is 28.9 Å². The molecule has 0 aromatic heterocycles.